The van der Waals surface area contributed by atoms with E-state index in [0.717, 1.165) is 11.3 Å². The summed E-state index contributed by atoms with van der Waals surface area (Å²) in [6.07, 6.45) is 2.63. The molecule has 1 amide bonds. The summed E-state index contributed by atoms with van der Waals surface area (Å²) >= 11 is 0. The first-order valence-electron chi connectivity index (χ1n) is 6.31. The third-order valence-electron chi connectivity index (χ3n) is 2.87. The second kappa shape index (κ2) is 6.56. The van der Waals surface area contributed by atoms with Crippen LogP contribution in [0.5, 0.6) is 5.75 Å². The molecule has 3 N–H and O–H groups in total. The fourth-order valence-corrected chi connectivity index (χ4v) is 1.75. The summed E-state index contributed by atoms with van der Waals surface area (Å²) in [4.78, 5) is 15.7. The van der Waals surface area contributed by atoms with Gasteiger partial charge in [-0.25, -0.2) is 4.98 Å². The summed E-state index contributed by atoms with van der Waals surface area (Å²) in [6.45, 7) is 0. The smallest absolute Gasteiger partial charge is 0.224 e. The molecule has 104 valence electrons. The zero-order chi connectivity index (χ0) is 14.4. The van der Waals surface area contributed by atoms with E-state index < -0.39 is 0 Å². The molecule has 0 spiro atoms. The Kier molecular flexibility index (Phi) is 4.55. The van der Waals surface area contributed by atoms with Crippen molar-refractivity contribution in [3.05, 3.63) is 48.2 Å². The van der Waals surface area contributed by atoms with Gasteiger partial charge in [-0.3, -0.25) is 4.79 Å². The van der Waals surface area contributed by atoms with E-state index in [1.165, 1.54) is 0 Å². The maximum absolute atomic E-state index is 11.8. The standard InChI is InChI=1S/C15H17N3O2/c1-20-13-6-2-11(3-7-13)4-9-15(19)18-12-5-8-14(16)17-10-12/h2-3,5-8,10H,4,9H2,1H3,(H2,16,17)(H,18,19). The number of aryl methyl sites for hydroxylation is 1. The molecule has 1 heterocycles. The molecule has 0 aliphatic rings. The van der Waals surface area contributed by atoms with Gasteiger partial charge in [-0.1, -0.05) is 12.1 Å². The van der Waals surface area contributed by atoms with E-state index in [-0.39, 0.29) is 5.91 Å². The number of anilines is 2. The average Bonchev–Trinajstić information content (AvgIpc) is 2.48. The number of carbonyl (C=O) groups is 1. The zero-order valence-corrected chi connectivity index (χ0v) is 11.3. The third kappa shape index (κ3) is 3.98. The first-order chi connectivity index (χ1) is 9.67. The molecule has 0 aliphatic carbocycles. The number of nitrogens with zero attached hydrogens (tertiary/aromatic N) is 1. The molecule has 2 rings (SSSR count). The van der Waals surface area contributed by atoms with Crippen molar-refractivity contribution < 1.29 is 9.53 Å². The number of rotatable bonds is 5. The molecule has 0 saturated heterocycles. The first kappa shape index (κ1) is 13.9. The predicted molar refractivity (Wildman–Crippen MR) is 78.6 cm³/mol. The Balaban J connectivity index is 1.83. The normalized spacial score (nSPS) is 10.1. The number of ether oxygens (including phenoxy) is 1. The SMILES string of the molecule is COc1ccc(CCC(=O)Nc2ccc(N)nc2)cc1. The maximum Gasteiger partial charge on any atom is 0.224 e. The molecule has 0 saturated carbocycles. The number of benzene rings is 1. The molecule has 20 heavy (non-hydrogen) atoms. The van der Waals surface area contributed by atoms with Crippen LogP contribution in [-0.4, -0.2) is 18.0 Å². The average molecular weight is 271 g/mol. The van der Waals surface area contributed by atoms with Gasteiger partial charge in [0.05, 0.1) is 19.0 Å². The Hall–Kier alpha value is -2.56. The van der Waals surface area contributed by atoms with Crippen molar-refractivity contribution in [3.63, 3.8) is 0 Å². The van der Waals surface area contributed by atoms with Crippen LogP contribution in [0.15, 0.2) is 42.6 Å². The number of nitrogen functional groups attached to an aromatic ring is 1. The van der Waals surface area contributed by atoms with Gasteiger partial charge < -0.3 is 15.8 Å². The molecule has 1 aromatic heterocycles. The predicted octanol–water partition coefficient (Wildman–Crippen LogP) is 2.24. The van der Waals surface area contributed by atoms with Crippen molar-refractivity contribution in [2.75, 3.05) is 18.2 Å². The van der Waals surface area contributed by atoms with Gasteiger partial charge in [-0.05, 0) is 36.2 Å². The van der Waals surface area contributed by atoms with E-state index >= 15 is 0 Å². The quantitative estimate of drug-likeness (QED) is 0.874. The number of nitrogens with two attached hydrogens (primary N) is 1. The van der Waals surface area contributed by atoms with Crippen molar-refractivity contribution in [3.8, 4) is 5.75 Å². The molecule has 0 unspecified atom stereocenters. The van der Waals surface area contributed by atoms with E-state index in [1.807, 2.05) is 24.3 Å². The van der Waals surface area contributed by atoms with Crippen molar-refractivity contribution in [1.29, 1.82) is 0 Å². The largest absolute Gasteiger partial charge is 0.497 e. The number of carbonyl (C=O) groups excluding carboxylic acids is 1. The van der Waals surface area contributed by atoms with Crippen molar-refractivity contribution >= 4 is 17.4 Å². The summed E-state index contributed by atoms with van der Waals surface area (Å²) in [6, 6.07) is 11.1. The molecule has 0 aliphatic heterocycles. The Bertz CT molecular complexity index is 565. The van der Waals surface area contributed by atoms with Crippen LogP contribution in [0.3, 0.4) is 0 Å². The van der Waals surface area contributed by atoms with Crippen LogP contribution in [0.2, 0.25) is 0 Å². The minimum atomic E-state index is -0.0487. The molecule has 5 heteroatoms. The van der Waals surface area contributed by atoms with Gasteiger partial charge in [-0.15, -0.1) is 0 Å². The summed E-state index contributed by atoms with van der Waals surface area (Å²) in [5, 5.41) is 2.78. The Morgan fingerprint density at radius 1 is 1.25 bits per heavy atom. The van der Waals surface area contributed by atoms with Crippen LogP contribution in [0, 0.1) is 0 Å². The Morgan fingerprint density at radius 3 is 2.60 bits per heavy atom. The lowest BCUT2D eigenvalue weighted by molar-refractivity contribution is -0.116. The molecular weight excluding hydrogens is 254 g/mol. The monoisotopic (exact) mass is 271 g/mol. The minimum Gasteiger partial charge on any atom is -0.497 e. The first-order valence-corrected chi connectivity index (χ1v) is 6.31. The highest BCUT2D eigenvalue weighted by Gasteiger charge is 2.04. The maximum atomic E-state index is 11.8. The van der Waals surface area contributed by atoms with Crippen LogP contribution in [0.1, 0.15) is 12.0 Å². The van der Waals surface area contributed by atoms with Crippen LogP contribution >= 0.6 is 0 Å². The fourth-order valence-electron chi connectivity index (χ4n) is 1.75. The van der Waals surface area contributed by atoms with Crippen molar-refractivity contribution in [1.82, 2.24) is 4.98 Å². The van der Waals surface area contributed by atoms with Gasteiger partial charge in [0, 0.05) is 6.42 Å². The molecule has 0 bridgehead atoms. The minimum absolute atomic E-state index is 0.0487. The van der Waals surface area contributed by atoms with E-state index in [9.17, 15) is 4.79 Å². The molecule has 0 fully saturated rings. The van der Waals surface area contributed by atoms with Crippen molar-refractivity contribution in [2.45, 2.75) is 12.8 Å². The summed E-state index contributed by atoms with van der Waals surface area (Å²) in [5.74, 6) is 1.19. The van der Waals surface area contributed by atoms with Gasteiger partial charge in [0.1, 0.15) is 11.6 Å². The highest BCUT2D eigenvalue weighted by atomic mass is 16.5. The highest BCUT2D eigenvalue weighted by molar-refractivity contribution is 5.90. The number of hydrogen-bond acceptors (Lipinski definition) is 4. The molecule has 1 aromatic carbocycles. The van der Waals surface area contributed by atoms with Gasteiger partial charge >= 0.3 is 0 Å². The molecule has 2 aromatic rings. The van der Waals surface area contributed by atoms with Gasteiger partial charge in [0.25, 0.3) is 0 Å². The summed E-state index contributed by atoms with van der Waals surface area (Å²) < 4.78 is 5.09. The lowest BCUT2D eigenvalue weighted by Crippen LogP contribution is -2.12. The van der Waals surface area contributed by atoms with Crippen LogP contribution in [0.25, 0.3) is 0 Å². The van der Waals surface area contributed by atoms with Gasteiger partial charge in [-0.2, -0.15) is 0 Å². The number of pyridine rings is 1. The van der Waals surface area contributed by atoms with Gasteiger partial charge in [0.15, 0.2) is 0 Å². The van der Waals surface area contributed by atoms with Crippen LogP contribution in [-0.2, 0) is 11.2 Å². The van der Waals surface area contributed by atoms with E-state index in [2.05, 4.69) is 10.3 Å². The number of nitrogens with one attached hydrogen (secondary N) is 1. The zero-order valence-electron chi connectivity index (χ0n) is 11.3. The van der Waals surface area contributed by atoms with Crippen LogP contribution in [0.4, 0.5) is 11.5 Å². The van der Waals surface area contributed by atoms with E-state index in [0.29, 0.717) is 24.3 Å². The lowest BCUT2D eigenvalue weighted by Gasteiger charge is -2.06. The Labute approximate surface area is 117 Å². The molecule has 0 radical (unpaired) electrons. The summed E-state index contributed by atoms with van der Waals surface area (Å²) in [7, 11) is 1.63. The Morgan fingerprint density at radius 2 is 2.00 bits per heavy atom. The second-order valence-electron chi connectivity index (χ2n) is 4.37. The third-order valence-corrected chi connectivity index (χ3v) is 2.87. The number of hydrogen-bond donors (Lipinski definition) is 2. The second-order valence-corrected chi connectivity index (χ2v) is 4.37. The number of amides is 1. The van der Waals surface area contributed by atoms with Gasteiger partial charge in [0.2, 0.25) is 5.91 Å². The fraction of sp³-hybridized carbons (Fsp3) is 0.200. The highest BCUT2D eigenvalue weighted by Crippen LogP contribution is 2.13. The molecular formula is C15H17N3O2. The number of aromatic nitrogens is 1. The van der Waals surface area contributed by atoms with Crippen LogP contribution < -0.4 is 15.8 Å². The van der Waals surface area contributed by atoms with E-state index in [1.54, 1.807) is 25.4 Å². The van der Waals surface area contributed by atoms with E-state index in [4.69, 9.17) is 10.5 Å². The summed E-state index contributed by atoms with van der Waals surface area (Å²) in [5.41, 5.74) is 7.23. The topological polar surface area (TPSA) is 77.2 Å². The molecule has 0 atom stereocenters. The lowest BCUT2D eigenvalue weighted by atomic mass is 10.1. The van der Waals surface area contributed by atoms with Crippen molar-refractivity contribution in [2.24, 2.45) is 0 Å². The number of methoxy groups -OCH3 is 1. The molecule has 5 nitrogen and oxygen atoms in total.